The molecular weight excluding hydrogens is 339 g/mol. The van der Waals surface area contributed by atoms with Gasteiger partial charge in [-0.3, -0.25) is 9.69 Å². The van der Waals surface area contributed by atoms with E-state index in [-0.39, 0.29) is 17.2 Å². The number of carbonyl (C=O) groups excluding carboxylic acids is 1. The van der Waals surface area contributed by atoms with Gasteiger partial charge in [-0.25, -0.2) is 0 Å². The Balaban J connectivity index is 2.02. The number of ether oxygens (including phenoxy) is 1. The smallest absolute Gasteiger partial charge is 0.416 e. The van der Waals surface area contributed by atoms with Gasteiger partial charge < -0.3 is 4.74 Å². The molecule has 126 valence electrons. The van der Waals surface area contributed by atoms with Crippen molar-refractivity contribution < 1.29 is 22.7 Å². The normalized spacial score (nSPS) is 18.1. The summed E-state index contributed by atoms with van der Waals surface area (Å²) in [7, 11) is 1.52. The van der Waals surface area contributed by atoms with E-state index >= 15 is 0 Å². The average molecular weight is 353 g/mol. The Bertz CT molecular complexity index is 746. The lowest BCUT2D eigenvalue weighted by Crippen LogP contribution is -2.29. The Hall–Kier alpha value is -2.15. The second-order valence-corrected chi connectivity index (χ2v) is 6.28. The van der Waals surface area contributed by atoms with Crippen LogP contribution >= 0.6 is 11.8 Å². The number of nitrogens with zero attached hydrogens (tertiary/aromatic N) is 1. The number of methoxy groups -OCH3 is 1. The van der Waals surface area contributed by atoms with Crippen molar-refractivity contribution >= 4 is 23.4 Å². The third-order valence-electron chi connectivity index (χ3n) is 3.75. The molecule has 1 aliphatic rings. The number of halogens is 3. The minimum Gasteiger partial charge on any atom is -0.497 e. The molecule has 0 radical (unpaired) electrons. The van der Waals surface area contributed by atoms with Crippen molar-refractivity contribution in [3.8, 4) is 5.75 Å². The molecule has 0 aromatic heterocycles. The topological polar surface area (TPSA) is 29.5 Å². The second-order valence-electron chi connectivity index (χ2n) is 5.21. The number of alkyl halides is 3. The minimum atomic E-state index is -4.46. The van der Waals surface area contributed by atoms with Gasteiger partial charge in [-0.1, -0.05) is 18.2 Å². The van der Waals surface area contributed by atoms with Crippen LogP contribution in [0, 0.1) is 0 Å². The van der Waals surface area contributed by atoms with Gasteiger partial charge in [0.1, 0.15) is 11.1 Å². The number of hydrogen-bond donors (Lipinski definition) is 0. The van der Waals surface area contributed by atoms with Crippen molar-refractivity contribution in [2.45, 2.75) is 11.6 Å². The zero-order valence-corrected chi connectivity index (χ0v) is 13.5. The van der Waals surface area contributed by atoms with Gasteiger partial charge >= 0.3 is 6.18 Å². The van der Waals surface area contributed by atoms with Crippen LogP contribution in [0.1, 0.15) is 16.5 Å². The molecule has 1 atom stereocenters. The van der Waals surface area contributed by atoms with Crippen molar-refractivity contribution in [1.29, 1.82) is 0 Å². The SMILES string of the molecule is COc1ccc(N2C(=O)CSC2c2ccccc2C(F)(F)F)cc1. The average Bonchev–Trinajstić information content (AvgIpc) is 2.95. The Morgan fingerprint density at radius 3 is 2.42 bits per heavy atom. The first kappa shape index (κ1) is 16.7. The van der Waals surface area contributed by atoms with E-state index in [0.29, 0.717) is 11.4 Å². The van der Waals surface area contributed by atoms with Crippen molar-refractivity contribution in [2.24, 2.45) is 0 Å². The minimum absolute atomic E-state index is 0.0941. The van der Waals surface area contributed by atoms with Gasteiger partial charge in [0.25, 0.3) is 0 Å². The molecule has 3 nitrogen and oxygen atoms in total. The van der Waals surface area contributed by atoms with Crippen LogP contribution in [0.4, 0.5) is 18.9 Å². The number of benzene rings is 2. The van der Waals surface area contributed by atoms with Crippen molar-refractivity contribution in [3.63, 3.8) is 0 Å². The fourth-order valence-electron chi connectivity index (χ4n) is 2.65. The van der Waals surface area contributed by atoms with E-state index in [1.807, 2.05) is 0 Å². The van der Waals surface area contributed by atoms with E-state index in [2.05, 4.69) is 0 Å². The first-order valence-corrected chi connectivity index (χ1v) is 8.20. The highest BCUT2D eigenvalue weighted by atomic mass is 32.2. The summed E-state index contributed by atoms with van der Waals surface area (Å²) >= 11 is 1.19. The maximum Gasteiger partial charge on any atom is 0.416 e. The Labute approximate surface area is 141 Å². The van der Waals surface area contributed by atoms with Crippen LogP contribution in [-0.4, -0.2) is 18.8 Å². The Morgan fingerprint density at radius 2 is 1.79 bits per heavy atom. The lowest BCUT2D eigenvalue weighted by molar-refractivity contribution is -0.138. The molecule has 7 heteroatoms. The van der Waals surface area contributed by atoms with E-state index in [1.54, 1.807) is 30.3 Å². The van der Waals surface area contributed by atoms with Gasteiger partial charge in [0.05, 0.1) is 18.4 Å². The highest BCUT2D eigenvalue weighted by Crippen LogP contribution is 2.46. The highest BCUT2D eigenvalue weighted by Gasteiger charge is 2.40. The van der Waals surface area contributed by atoms with Crippen LogP contribution in [-0.2, 0) is 11.0 Å². The molecule has 1 fully saturated rings. The van der Waals surface area contributed by atoms with Crippen LogP contribution < -0.4 is 9.64 Å². The van der Waals surface area contributed by atoms with E-state index in [0.717, 1.165) is 6.07 Å². The van der Waals surface area contributed by atoms with E-state index in [1.165, 1.54) is 35.9 Å². The van der Waals surface area contributed by atoms with E-state index < -0.39 is 17.1 Å². The van der Waals surface area contributed by atoms with Gasteiger partial charge in [-0.2, -0.15) is 13.2 Å². The van der Waals surface area contributed by atoms with Gasteiger partial charge in [-0.05, 0) is 35.9 Å². The standard InChI is InChI=1S/C17H14F3NO2S/c1-23-12-8-6-11(7-9-12)21-15(22)10-24-16(21)13-4-2-3-5-14(13)17(18,19)20/h2-9,16H,10H2,1H3. The number of carbonyl (C=O) groups is 1. The summed E-state index contributed by atoms with van der Waals surface area (Å²) in [6.07, 6.45) is -4.46. The zero-order chi connectivity index (χ0) is 17.3. The summed E-state index contributed by atoms with van der Waals surface area (Å²) < 4.78 is 45.0. The maximum absolute atomic E-state index is 13.3. The number of rotatable bonds is 3. The molecule has 0 saturated carbocycles. The van der Waals surface area contributed by atoms with E-state index in [4.69, 9.17) is 4.74 Å². The fraction of sp³-hybridized carbons (Fsp3) is 0.235. The lowest BCUT2D eigenvalue weighted by atomic mass is 10.1. The third-order valence-corrected chi connectivity index (χ3v) is 4.94. The quantitative estimate of drug-likeness (QED) is 0.814. The van der Waals surface area contributed by atoms with Crippen LogP contribution in [0.5, 0.6) is 5.75 Å². The summed E-state index contributed by atoms with van der Waals surface area (Å²) in [6.45, 7) is 0. The summed E-state index contributed by atoms with van der Waals surface area (Å²) in [5.74, 6) is 0.542. The molecule has 1 unspecified atom stereocenters. The molecule has 2 aromatic rings. The monoisotopic (exact) mass is 353 g/mol. The number of amides is 1. The molecule has 24 heavy (non-hydrogen) atoms. The van der Waals surface area contributed by atoms with Crippen LogP contribution in [0.2, 0.25) is 0 Å². The van der Waals surface area contributed by atoms with E-state index in [9.17, 15) is 18.0 Å². The Kier molecular flexibility index (Phi) is 4.45. The maximum atomic E-state index is 13.3. The summed E-state index contributed by atoms with van der Waals surface area (Å²) in [6, 6.07) is 12.1. The number of anilines is 1. The molecule has 0 aliphatic carbocycles. The number of thioether (sulfide) groups is 1. The fourth-order valence-corrected chi connectivity index (χ4v) is 3.86. The first-order valence-electron chi connectivity index (χ1n) is 7.15. The van der Waals surface area contributed by atoms with Gasteiger partial charge in [0.15, 0.2) is 0 Å². The zero-order valence-electron chi connectivity index (χ0n) is 12.7. The molecule has 1 amide bonds. The summed E-state index contributed by atoms with van der Waals surface area (Å²) in [5, 5.41) is -0.705. The largest absolute Gasteiger partial charge is 0.497 e. The molecule has 3 rings (SSSR count). The lowest BCUT2D eigenvalue weighted by Gasteiger charge is -2.26. The molecular formula is C17H14F3NO2S. The van der Waals surface area contributed by atoms with Crippen molar-refractivity contribution in [3.05, 3.63) is 59.7 Å². The van der Waals surface area contributed by atoms with Gasteiger partial charge in [0, 0.05) is 5.69 Å². The first-order chi connectivity index (χ1) is 11.4. The Morgan fingerprint density at radius 1 is 1.12 bits per heavy atom. The number of hydrogen-bond acceptors (Lipinski definition) is 3. The molecule has 0 N–H and O–H groups in total. The summed E-state index contributed by atoms with van der Waals surface area (Å²) in [4.78, 5) is 13.7. The predicted molar refractivity (Wildman–Crippen MR) is 87.1 cm³/mol. The highest BCUT2D eigenvalue weighted by molar-refractivity contribution is 8.00. The van der Waals surface area contributed by atoms with Crippen molar-refractivity contribution in [2.75, 3.05) is 17.8 Å². The van der Waals surface area contributed by atoms with Crippen LogP contribution in [0.25, 0.3) is 0 Å². The third kappa shape index (κ3) is 3.08. The second kappa shape index (κ2) is 6.39. The molecule has 1 heterocycles. The predicted octanol–water partition coefficient (Wildman–Crippen LogP) is 4.49. The van der Waals surface area contributed by atoms with Gasteiger partial charge in [0.2, 0.25) is 5.91 Å². The van der Waals surface area contributed by atoms with Crippen molar-refractivity contribution in [1.82, 2.24) is 0 Å². The summed E-state index contributed by atoms with van der Waals surface area (Å²) in [5.41, 5.74) is -0.0693. The molecule has 2 aromatic carbocycles. The van der Waals surface area contributed by atoms with Crippen LogP contribution in [0.15, 0.2) is 48.5 Å². The van der Waals surface area contributed by atoms with Crippen LogP contribution in [0.3, 0.4) is 0 Å². The molecule has 1 saturated heterocycles. The van der Waals surface area contributed by atoms with Gasteiger partial charge in [-0.15, -0.1) is 11.8 Å². The molecule has 0 spiro atoms. The molecule has 0 bridgehead atoms. The molecule has 1 aliphatic heterocycles.